The van der Waals surface area contributed by atoms with E-state index >= 15 is 0 Å². The lowest BCUT2D eigenvalue weighted by atomic mass is 9.99. The third-order valence-corrected chi connectivity index (χ3v) is 6.53. The van der Waals surface area contributed by atoms with Gasteiger partial charge >= 0.3 is 5.97 Å². The van der Waals surface area contributed by atoms with Crippen LogP contribution in [0.15, 0.2) is 24.3 Å². The number of nitrogens with two attached hydrogens (primary N) is 1. The van der Waals surface area contributed by atoms with E-state index < -0.39 is 32.4 Å². The third kappa shape index (κ3) is 2.30. The monoisotopic (exact) mass is 313 g/mol. The van der Waals surface area contributed by atoms with E-state index in [1.807, 2.05) is 0 Å². The molecule has 0 aliphatic heterocycles. The molecule has 0 amide bonds. The summed E-state index contributed by atoms with van der Waals surface area (Å²) in [6, 6.07) is 6.77. The average molecular weight is 313 g/mol. The van der Waals surface area contributed by atoms with Crippen molar-refractivity contribution in [1.29, 1.82) is 0 Å². The van der Waals surface area contributed by atoms with E-state index in [0.29, 0.717) is 11.3 Å². The number of hydrogen-bond acceptors (Lipinski definition) is 5. The smallest absolute Gasteiger partial charge is 0.312 e. The number of carbonyl (C=O) groups is 1. The molecular formula is C14H19NO5S. The highest BCUT2D eigenvalue weighted by Crippen LogP contribution is 2.62. The van der Waals surface area contributed by atoms with Crippen molar-refractivity contribution in [3.8, 4) is 5.75 Å². The van der Waals surface area contributed by atoms with Crippen LogP contribution >= 0.6 is 0 Å². The Hall–Kier alpha value is -1.60. The van der Waals surface area contributed by atoms with E-state index in [1.165, 1.54) is 14.0 Å². The van der Waals surface area contributed by atoms with Crippen molar-refractivity contribution in [2.24, 2.45) is 11.1 Å². The van der Waals surface area contributed by atoms with Crippen molar-refractivity contribution >= 4 is 15.8 Å². The van der Waals surface area contributed by atoms with Crippen LogP contribution in [0.3, 0.4) is 0 Å². The van der Waals surface area contributed by atoms with E-state index in [2.05, 4.69) is 0 Å². The summed E-state index contributed by atoms with van der Waals surface area (Å²) in [5.74, 6) is -1.24. The molecule has 1 fully saturated rings. The van der Waals surface area contributed by atoms with Gasteiger partial charge < -0.3 is 15.6 Å². The molecule has 6 nitrogen and oxygen atoms in total. The Morgan fingerprint density at radius 1 is 1.38 bits per heavy atom. The molecule has 1 aromatic rings. The predicted molar refractivity (Wildman–Crippen MR) is 78.1 cm³/mol. The van der Waals surface area contributed by atoms with Gasteiger partial charge in [0.1, 0.15) is 11.2 Å². The molecular weight excluding hydrogens is 294 g/mol. The Labute approximate surface area is 123 Å². The standard InChI is InChI=1S/C14H19NO5S/c1-3-21(18,19)12-11(14(12,8-15)13(16)17)9-4-6-10(20-2)7-5-9/h4-7,11-12H,3,8,15H2,1-2H3,(H,16,17)/t11-,12+,14-/m1/s1. The zero-order valence-corrected chi connectivity index (χ0v) is 12.8. The highest BCUT2D eigenvalue weighted by molar-refractivity contribution is 7.92. The second-order valence-corrected chi connectivity index (χ2v) is 7.58. The number of methoxy groups -OCH3 is 1. The molecule has 0 radical (unpaired) electrons. The van der Waals surface area contributed by atoms with Gasteiger partial charge in [-0.1, -0.05) is 19.1 Å². The first kappa shape index (κ1) is 15.8. The number of carboxylic acids is 1. The number of carboxylic acid groups (broad SMARTS) is 1. The fourth-order valence-electron chi connectivity index (χ4n) is 2.98. The van der Waals surface area contributed by atoms with Crippen molar-refractivity contribution in [1.82, 2.24) is 0 Å². The van der Waals surface area contributed by atoms with E-state index in [1.54, 1.807) is 24.3 Å². The Morgan fingerprint density at radius 2 is 1.95 bits per heavy atom. The number of aliphatic carboxylic acids is 1. The first-order valence-electron chi connectivity index (χ1n) is 6.64. The summed E-state index contributed by atoms with van der Waals surface area (Å²) in [7, 11) is -1.97. The van der Waals surface area contributed by atoms with E-state index in [0.717, 1.165) is 0 Å². The van der Waals surface area contributed by atoms with Crippen LogP contribution in [0, 0.1) is 5.41 Å². The van der Waals surface area contributed by atoms with E-state index in [4.69, 9.17) is 10.5 Å². The number of hydrogen-bond donors (Lipinski definition) is 2. The van der Waals surface area contributed by atoms with Crippen LogP contribution in [0.1, 0.15) is 18.4 Å². The zero-order chi connectivity index (χ0) is 15.8. The Balaban J connectivity index is 2.47. The highest BCUT2D eigenvalue weighted by atomic mass is 32.2. The summed E-state index contributed by atoms with van der Waals surface area (Å²) in [6.07, 6.45) is 0. The number of sulfone groups is 1. The van der Waals surface area contributed by atoms with Crippen LogP contribution in [0.25, 0.3) is 0 Å². The topological polar surface area (TPSA) is 107 Å². The van der Waals surface area contributed by atoms with Gasteiger partial charge in [-0.05, 0) is 17.7 Å². The summed E-state index contributed by atoms with van der Waals surface area (Å²) < 4.78 is 29.5. The molecule has 0 aromatic heterocycles. The van der Waals surface area contributed by atoms with Gasteiger partial charge in [0.15, 0.2) is 9.84 Å². The van der Waals surface area contributed by atoms with Gasteiger partial charge in [-0.3, -0.25) is 4.79 Å². The van der Waals surface area contributed by atoms with Gasteiger partial charge in [-0.25, -0.2) is 8.42 Å². The van der Waals surface area contributed by atoms with Crippen molar-refractivity contribution < 1.29 is 23.1 Å². The summed E-state index contributed by atoms with van der Waals surface area (Å²) in [4.78, 5) is 11.6. The first-order valence-corrected chi connectivity index (χ1v) is 8.35. The molecule has 116 valence electrons. The van der Waals surface area contributed by atoms with Gasteiger partial charge in [0.25, 0.3) is 0 Å². The second-order valence-electron chi connectivity index (χ2n) is 5.17. The van der Waals surface area contributed by atoms with Gasteiger partial charge in [-0.2, -0.15) is 0 Å². The van der Waals surface area contributed by atoms with Gasteiger partial charge in [-0.15, -0.1) is 0 Å². The minimum atomic E-state index is -3.49. The molecule has 0 unspecified atom stereocenters. The van der Waals surface area contributed by atoms with Crippen LogP contribution in [-0.4, -0.2) is 44.2 Å². The molecule has 3 atom stereocenters. The molecule has 0 saturated heterocycles. The van der Waals surface area contributed by atoms with Crippen LogP contribution < -0.4 is 10.5 Å². The molecule has 0 bridgehead atoms. The summed E-state index contributed by atoms with van der Waals surface area (Å²) >= 11 is 0. The Bertz CT molecular complexity index is 640. The summed E-state index contributed by atoms with van der Waals surface area (Å²) in [6.45, 7) is 1.31. The van der Waals surface area contributed by atoms with Crippen molar-refractivity contribution in [3.63, 3.8) is 0 Å². The number of benzene rings is 1. The largest absolute Gasteiger partial charge is 0.497 e. The maximum atomic E-state index is 12.2. The Kier molecular flexibility index (Phi) is 3.99. The summed E-state index contributed by atoms with van der Waals surface area (Å²) in [5, 5.41) is 8.53. The molecule has 1 aromatic carbocycles. The zero-order valence-electron chi connectivity index (χ0n) is 11.9. The summed E-state index contributed by atoms with van der Waals surface area (Å²) in [5.41, 5.74) is 4.86. The first-order chi connectivity index (χ1) is 9.85. The molecule has 0 spiro atoms. The lowest BCUT2D eigenvalue weighted by molar-refractivity contribution is -0.143. The molecule has 1 aliphatic carbocycles. The molecule has 0 heterocycles. The molecule has 2 rings (SSSR count). The van der Waals surface area contributed by atoms with E-state index in [-0.39, 0.29) is 12.3 Å². The van der Waals surface area contributed by atoms with Crippen LogP contribution in [0.4, 0.5) is 0 Å². The van der Waals surface area contributed by atoms with Crippen LogP contribution in [0.2, 0.25) is 0 Å². The lowest BCUT2D eigenvalue weighted by Gasteiger charge is -2.09. The average Bonchev–Trinajstić information content (AvgIpc) is 3.19. The number of rotatable bonds is 6. The van der Waals surface area contributed by atoms with Gasteiger partial charge in [0, 0.05) is 18.2 Å². The maximum Gasteiger partial charge on any atom is 0.312 e. The normalized spacial score (nSPS) is 28.1. The van der Waals surface area contributed by atoms with Crippen molar-refractivity contribution in [2.45, 2.75) is 18.1 Å². The minimum absolute atomic E-state index is 0.0979. The molecule has 21 heavy (non-hydrogen) atoms. The maximum absolute atomic E-state index is 12.2. The predicted octanol–water partition coefficient (Wildman–Crippen LogP) is 0.625. The fourth-order valence-corrected chi connectivity index (χ4v) is 5.06. The minimum Gasteiger partial charge on any atom is -0.497 e. The third-order valence-electron chi connectivity index (χ3n) is 4.26. The van der Waals surface area contributed by atoms with Crippen molar-refractivity contribution in [3.05, 3.63) is 29.8 Å². The van der Waals surface area contributed by atoms with Crippen LogP contribution in [-0.2, 0) is 14.6 Å². The molecule has 1 saturated carbocycles. The molecule has 7 heteroatoms. The second kappa shape index (κ2) is 5.31. The van der Waals surface area contributed by atoms with Crippen molar-refractivity contribution in [2.75, 3.05) is 19.4 Å². The van der Waals surface area contributed by atoms with Gasteiger partial charge in [0.2, 0.25) is 0 Å². The SMILES string of the molecule is CCS(=O)(=O)[C@H]1[C@@H](c2ccc(OC)cc2)[C@@]1(CN)C(=O)O. The van der Waals surface area contributed by atoms with E-state index in [9.17, 15) is 18.3 Å². The lowest BCUT2D eigenvalue weighted by Crippen LogP contribution is -2.32. The fraction of sp³-hybridized carbons (Fsp3) is 0.500. The van der Waals surface area contributed by atoms with Crippen LogP contribution in [0.5, 0.6) is 5.75 Å². The highest BCUT2D eigenvalue weighted by Gasteiger charge is 2.74. The molecule has 1 aliphatic rings. The Morgan fingerprint density at radius 3 is 2.33 bits per heavy atom. The van der Waals surface area contributed by atoms with Gasteiger partial charge in [0.05, 0.1) is 12.4 Å². The molecule has 3 N–H and O–H groups in total. The quantitative estimate of drug-likeness (QED) is 0.797. The number of ether oxygens (including phenoxy) is 1.